The van der Waals surface area contributed by atoms with Gasteiger partial charge in [0.05, 0.1) is 0 Å². The third-order valence-corrected chi connectivity index (χ3v) is 3.84. The summed E-state index contributed by atoms with van der Waals surface area (Å²) in [5.74, 6) is 0. The van der Waals surface area contributed by atoms with Crippen molar-refractivity contribution in [2.75, 3.05) is 6.54 Å². The Kier molecular flexibility index (Phi) is 5.21. The summed E-state index contributed by atoms with van der Waals surface area (Å²) in [6.07, 6.45) is 6.45. The van der Waals surface area contributed by atoms with Crippen molar-refractivity contribution in [1.29, 1.82) is 0 Å². The summed E-state index contributed by atoms with van der Waals surface area (Å²) in [6.45, 7) is 3.28. The van der Waals surface area contributed by atoms with Gasteiger partial charge in [-0.1, -0.05) is 30.3 Å². The molecule has 0 fully saturated rings. The van der Waals surface area contributed by atoms with E-state index < -0.39 is 0 Å². The van der Waals surface area contributed by atoms with Crippen molar-refractivity contribution in [3.8, 4) is 11.3 Å². The Morgan fingerprint density at radius 1 is 1.35 bits per heavy atom. The second kappa shape index (κ2) is 6.91. The molecular weight excluding hydrogens is 272 g/mol. The lowest BCUT2D eigenvalue weighted by atomic mass is 9.83. The van der Waals surface area contributed by atoms with Gasteiger partial charge in [0.15, 0.2) is 0 Å². The molecule has 0 bridgehead atoms. The van der Waals surface area contributed by atoms with Gasteiger partial charge in [0, 0.05) is 17.7 Å². The fourth-order valence-electron chi connectivity index (χ4n) is 2.98. The summed E-state index contributed by atoms with van der Waals surface area (Å²) >= 11 is 0. The third kappa shape index (κ3) is 2.89. The number of hydrogen-bond donors (Lipinski definition) is 1. The fourth-order valence-corrected chi connectivity index (χ4v) is 2.98. The van der Waals surface area contributed by atoms with Crippen LogP contribution in [-0.2, 0) is 6.42 Å². The van der Waals surface area contributed by atoms with Crippen LogP contribution >= 0.6 is 12.4 Å². The highest BCUT2D eigenvalue weighted by molar-refractivity contribution is 5.85. The molecule has 0 aliphatic heterocycles. The largest absolute Gasteiger partial charge is 0.364 e. The number of rotatable bonds is 4. The van der Waals surface area contributed by atoms with Crippen LogP contribution in [0.4, 0.5) is 0 Å². The lowest BCUT2D eigenvalue weighted by Gasteiger charge is -2.28. The number of hydrogen-bond acceptors (Lipinski definition) is 3. The SMILES string of the molecule is CCCNC1CCCc2cccc(-c3ccon3)c21.Cl. The van der Waals surface area contributed by atoms with Crippen LogP contribution in [-0.4, -0.2) is 11.7 Å². The molecule has 0 radical (unpaired) electrons. The van der Waals surface area contributed by atoms with Crippen LogP contribution in [0.5, 0.6) is 0 Å². The molecule has 1 aromatic carbocycles. The van der Waals surface area contributed by atoms with E-state index in [9.17, 15) is 0 Å². The van der Waals surface area contributed by atoms with Crippen LogP contribution in [0, 0.1) is 0 Å². The standard InChI is InChI=1S/C16H20N2O.ClH/c1-2-10-17-15-8-4-6-12-5-3-7-13(16(12)15)14-9-11-19-18-14;/h3,5,7,9,11,15,17H,2,4,6,8,10H2,1H3;1H. The van der Waals surface area contributed by atoms with Crippen LogP contribution in [0.1, 0.15) is 43.4 Å². The van der Waals surface area contributed by atoms with Gasteiger partial charge in [0.2, 0.25) is 0 Å². The van der Waals surface area contributed by atoms with E-state index >= 15 is 0 Å². The monoisotopic (exact) mass is 292 g/mol. The molecule has 1 aromatic heterocycles. The summed E-state index contributed by atoms with van der Waals surface area (Å²) in [4.78, 5) is 0. The zero-order chi connectivity index (χ0) is 13.1. The molecule has 1 aliphatic rings. The molecule has 0 spiro atoms. The van der Waals surface area contributed by atoms with Gasteiger partial charge in [-0.05, 0) is 43.4 Å². The van der Waals surface area contributed by atoms with Crippen LogP contribution in [0.25, 0.3) is 11.3 Å². The maximum absolute atomic E-state index is 5.01. The smallest absolute Gasteiger partial charge is 0.124 e. The zero-order valence-electron chi connectivity index (χ0n) is 11.8. The van der Waals surface area contributed by atoms with E-state index in [-0.39, 0.29) is 12.4 Å². The van der Waals surface area contributed by atoms with Crippen LogP contribution in [0.3, 0.4) is 0 Å². The van der Waals surface area contributed by atoms with Crippen LogP contribution in [0.15, 0.2) is 35.1 Å². The Morgan fingerprint density at radius 2 is 2.25 bits per heavy atom. The molecule has 3 rings (SSSR count). The van der Waals surface area contributed by atoms with Gasteiger partial charge in [-0.3, -0.25) is 0 Å². The van der Waals surface area contributed by atoms with Crippen LogP contribution in [0.2, 0.25) is 0 Å². The van der Waals surface area contributed by atoms with Crippen molar-refractivity contribution in [2.45, 2.75) is 38.6 Å². The van der Waals surface area contributed by atoms with E-state index in [1.807, 2.05) is 6.07 Å². The number of nitrogens with zero attached hydrogens (tertiary/aromatic N) is 1. The molecule has 20 heavy (non-hydrogen) atoms. The average Bonchev–Trinajstić information content (AvgIpc) is 2.98. The van der Waals surface area contributed by atoms with Crippen LogP contribution < -0.4 is 5.32 Å². The number of benzene rings is 1. The maximum atomic E-state index is 5.01. The number of aromatic nitrogens is 1. The Balaban J connectivity index is 0.00000147. The van der Waals surface area contributed by atoms with E-state index in [0.29, 0.717) is 6.04 Å². The lowest BCUT2D eigenvalue weighted by Crippen LogP contribution is -2.26. The van der Waals surface area contributed by atoms with E-state index in [4.69, 9.17) is 4.52 Å². The van der Waals surface area contributed by atoms with E-state index in [1.54, 1.807) is 6.26 Å². The first-order chi connectivity index (χ1) is 9.40. The first-order valence-corrected chi connectivity index (χ1v) is 7.16. The lowest BCUT2D eigenvalue weighted by molar-refractivity contribution is 0.421. The average molecular weight is 293 g/mol. The molecule has 1 aliphatic carbocycles. The number of aryl methyl sites for hydroxylation is 1. The quantitative estimate of drug-likeness (QED) is 0.920. The molecule has 3 nitrogen and oxygen atoms in total. The highest BCUT2D eigenvalue weighted by atomic mass is 35.5. The van der Waals surface area contributed by atoms with E-state index in [2.05, 4.69) is 35.6 Å². The fraction of sp³-hybridized carbons (Fsp3) is 0.438. The van der Waals surface area contributed by atoms with Crippen molar-refractivity contribution >= 4 is 12.4 Å². The third-order valence-electron chi connectivity index (χ3n) is 3.84. The van der Waals surface area contributed by atoms with Gasteiger partial charge in [-0.2, -0.15) is 0 Å². The summed E-state index contributed by atoms with van der Waals surface area (Å²) in [5, 5.41) is 7.78. The second-order valence-corrected chi connectivity index (χ2v) is 5.16. The van der Waals surface area contributed by atoms with Crippen molar-refractivity contribution in [1.82, 2.24) is 10.5 Å². The van der Waals surface area contributed by atoms with E-state index in [0.717, 1.165) is 18.7 Å². The number of halogens is 1. The number of fused-ring (bicyclic) bond motifs is 1. The van der Waals surface area contributed by atoms with Crippen molar-refractivity contribution in [3.05, 3.63) is 41.7 Å². The topological polar surface area (TPSA) is 38.1 Å². The Bertz CT molecular complexity index is 539. The molecular formula is C16H21ClN2O. The van der Waals surface area contributed by atoms with Gasteiger partial charge in [-0.15, -0.1) is 12.4 Å². The Hall–Kier alpha value is -1.32. The summed E-state index contributed by atoms with van der Waals surface area (Å²) in [5.41, 5.74) is 5.05. The van der Waals surface area contributed by atoms with Gasteiger partial charge in [0.1, 0.15) is 12.0 Å². The molecule has 1 unspecified atom stereocenters. The molecule has 0 amide bonds. The first kappa shape index (κ1) is 15.1. The molecule has 4 heteroatoms. The minimum absolute atomic E-state index is 0. The normalized spacial score (nSPS) is 17.4. The first-order valence-electron chi connectivity index (χ1n) is 7.16. The zero-order valence-corrected chi connectivity index (χ0v) is 12.6. The Morgan fingerprint density at radius 3 is 3.00 bits per heavy atom. The highest BCUT2D eigenvalue weighted by Crippen LogP contribution is 2.36. The van der Waals surface area contributed by atoms with Crippen molar-refractivity contribution < 1.29 is 4.52 Å². The van der Waals surface area contributed by atoms with Crippen molar-refractivity contribution in [3.63, 3.8) is 0 Å². The Labute approximate surface area is 126 Å². The summed E-state index contributed by atoms with van der Waals surface area (Å²) in [6, 6.07) is 8.93. The van der Waals surface area contributed by atoms with Crippen molar-refractivity contribution in [2.24, 2.45) is 0 Å². The molecule has 0 saturated heterocycles. The van der Waals surface area contributed by atoms with Gasteiger partial charge in [-0.25, -0.2) is 0 Å². The minimum Gasteiger partial charge on any atom is -0.364 e. The molecule has 108 valence electrons. The second-order valence-electron chi connectivity index (χ2n) is 5.16. The predicted molar refractivity (Wildman–Crippen MR) is 83.2 cm³/mol. The van der Waals surface area contributed by atoms with Gasteiger partial charge < -0.3 is 9.84 Å². The van der Waals surface area contributed by atoms with Gasteiger partial charge in [0.25, 0.3) is 0 Å². The van der Waals surface area contributed by atoms with Gasteiger partial charge >= 0.3 is 0 Å². The maximum Gasteiger partial charge on any atom is 0.124 e. The molecule has 1 N–H and O–H groups in total. The molecule has 2 aromatic rings. The summed E-state index contributed by atoms with van der Waals surface area (Å²) < 4.78 is 5.01. The minimum atomic E-state index is 0. The molecule has 1 atom stereocenters. The molecule has 0 saturated carbocycles. The molecule has 1 heterocycles. The van der Waals surface area contributed by atoms with E-state index in [1.165, 1.54) is 36.0 Å². The predicted octanol–water partition coefficient (Wildman–Crippen LogP) is 4.14. The number of nitrogens with one attached hydrogen (secondary N) is 1. The highest BCUT2D eigenvalue weighted by Gasteiger charge is 2.23. The summed E-state index contributed by atoms with van der Waals surface area (Å²) in [7, 11) is 0.